The molecule has 0 saturated carbocycles. The zero-order valence-electron chi connectivity index (χ0n) is 26.0. The number of rotatable bonds is 4. The molecule has 0 fully saturated rings. The standard InChI is InChI=1S/C42H20N6O2/c1-45-31-18-30(19-32(22-31)46-2)28-12-14-35-34-13-11-27(29-16-25(23-43)15-26(17-29)24-44)20-38(34)48(39(35)21-28)37-10-6-9-36-40(37)42(50)47(41(36)49)33-7-4-3-5-8-33/h3-22H. The number of benzene rings is 6. The number of amides is 2. The molecule has 1 aromatic heterocycles. The predicted octanol–water partition coefficient (Wildman–Crippen LogP) is 9.76. The van der Waals surface area contributed by atoms with Gasteiger partial charge in [0.2, 0.25) is 0 Å². The number of hydrogen-bond donors (Lipinski definition) is 0. The van der Waals surface area contributed by atoms with Crippen molar-refractivity contribution < 1.29 is 9.59 Å². The molecule has 8 heteroatoms. The first kappa shape index (κ1) is 29.6. The van der Waals surface area contributed by atoms with Crippen molar-refractivity contribution in [3.63, 3.8) is 0 Å². The molecule has 50 heavy (non-hydrogen) atoms. The summed E-state index contributed by atoms with van der Waals surface area (Å²) in [7, 11) is 0. The number of hydrogen-bond acceptors (Lipinski definition) is 4. The van der Waals surface area contributed by atoms with Crippen molar-refractivity contribution >= 4 is 50.7 Å². The molecule has 2 heterocycles. The number of anilines is 1. The van der Waals surface area contributed by atoms with E-state index in [0.717, 1.165) is 32.9 Å². The number of carbonyl (C=O) groups excluding carboxylic acids is 2. The van der Waals surface area contributed by atoms with Gasteiger partial charge in [-0.3, -0.25) is 9.59 Å². The van der Waals surface area contributed by atoms with Crippen LogP contribution in [0.1, 0.15) is 31.8 Å². The van der Waals surface area contributed by atoms with Crippen LogP contribution in [0.25, 0.3) is 59.4 Å². The second-order valence-corrected chi connectivity index (χ2v) is 11.8. The van der Waals surface area contributed by atoms with Crippen LogP contribution in [0, 0.1) is 35.8 Å². The first-order valence-electron chi connectivity index (χ1n) is 15.4. The van der Waals surface area contributed by atoms with Crippen molar-refractivity contribution in [3.05, 3.63) is 166 Å². The number of carbonyl (C=O) groups is 2. The quantitative estimate of drug-likeness (QED) is 0.141. The Balaban J connectivity index is 1.43. The molecule has 0 bridgehead atoms. The zero-order chi connectivity index (χ0) is 34.5. The lowest BCUT2D eigenvalue weighted by Crippen LogP contribution is -2.29. The van der Waals surface area contributed by atoms with Crippen molar-refractivity contribution in [1.82, 2.24) is 4.57 Å². The van der Waals surface area contributed by atoms with Crippen LogP contribution in [0.2, 0.25) is 0 Å². The van der Waals surface area contributed by atoms with E-state index in [1.165, 1.54) is 11.0 Å². The van der Waals surface area contributed by atoms with E-state index in [1.807, 2.05) is 53.1 Å². The van der Waals surface area contributed by atoms with Gasteiger partial charge in [-0.15, -0.1) is 0 Å². The van der Waals surface area contributed by atoms with Gasteiger partial charge in [0.25, 0.3) is 11.8 Å². The molecule has 0 spiro atoms. The van der Waals surface area contributed by atoms with E-state index >= 15 is 0 Å². The van der Waals surface area contributed by atoms with Crippen LogP contribution in [-0.2, 0) is 0 Å². The molecule has 2 amide bonds. The van der Waals surface area contributed by atoms with Crippen LogP contribution < -0.4 is 4.90 Å². The Morgan fingerprint density at radius 2 is 1.14 bits per heavy atom. The van der Waals surface area contributed by atoms with E-state index in [1.54, 1.807) is 66.7 Å². The number of fused-ring (bicyclic) bond motifs is 4. The normalized spacial score (nSPS) is 12.0. The highest BCUT2D eigenvalue weighted by Crippen LogP contribution is 2.41. The lowest BCUT2D eigenvalue weighted by molar-refractivity contribution is 0.0926. The van der Waals surface area contributed by atoms with E-state index in [-0.39, 0.29) is 11.1 Å². The molecular formula is C42H20N6O2. The monoisotopic (exact) mass is 640 g/mol. The largest absolute Gasteiger partial charge is 0.308 e. The van der Waals surface area contributed by atoms with Crippen molar-refractivity contribution in [2.75, 3.05) is 4.90 Å². The summed E-state index contributed by atoms with van der Waals surface area (Å²) in [5.41, 5.74) is 7.30. The van der Waals surface area contributed by atoms with Crippen LogP contribution in [0.5, 0.6) is 0 Å². The molecule has 0 radical (unpaired) electrons. The Morgan fingerprint density at radius 3 is 1.70 bits per heavy atom. The average Bonchev–Trinajstić information content (AvgIpc) is 3.63. The summed E-state index contributed by atoms with van der Waals surface area (Å²) in [4.78, 5) is 36.3. The van der Waals surface area contributed by atoms with Crippen molar-refractivity contribution in [3.8, 4) is 40.1 Å². The third-order valence-electron chi connectivity index (χ3n) is 8.93. The molecule has 0 atom stereocenters. The minimum atomic E-state index is -0.444. The van der Waals surface area contributed by atoms with Gasteiger partial charge in [-0.1, -0.05) is 66.7 Å². The van der Waals surface area contributed by atoms with Crippen LogP contribution in [0.3, 0.4) is 0 Å². The minimum absolute atomic E-state index is 0.263. The third-order valence-corrected chi connectivity index (χ3v) is 8.93. The average molecular weight is 641 g/mol. The van der Waals surface area contributed by atoms with Crippen molar-refractivity contribution in [2.45, 2.75) is 0 Å². The smallest absolute Gasteiger partial charge is 0.268 e. The van der Waals surface area contributed by atoms with Gasteiger partial charge in [0.05, 0.1) is 69.9 Å². The topological polar surface area (TPSA) is 98.6 Å². The fourth-order valence-electron chi connectivity index (χ4n) is 6.72. The van der Waals surface area contributed by atoms with E-state index in [4.69, 9.17) is 13.1 Å². The van der Waals surface area contributed by atoms with Crippen LogP contribution in [0.4, 0.5) is 17.1 Å². The van der Waals surface area contributed by atoms with Gasteiger partial charge in [0.1, 0.15) is 0 Å². The second kappa shape index (κ2) is 11.5. The summed E-state index contributed by atoms with van der Waals surface area (Å²) >= 11 is 0. The molecule has 7 aromatic rings. The maximum atomic E-state index is 14.2. The van der Waals surface area contributed by atoms with Gasteiger partial charge in [-0.25, -0.2) is 14.6 Å². The van der Waals surface area contributed by atoms with E-state index in [0.29, 0.717) is 45.0 Å². The highest BCUT2D eigenvalue weighted by atomic mass is 16.2. The molecule has 0 saturated heterocycles. The SMILES string of the molecule is [C-]#[N+]c1cc([N+]#[C-])cc(-c2ccc3c4ccc(-c5cc(C#N)cc(C#N)c5)cc4n(-c4cccc5c4C(=O)N(c4ccccc4)C5=O)c3c2)c1. The highest BCUT2D eigenvalue weighted by molar-refractivity contribution is 6.35. The molecule has 6 aromatic carbocycles. The van der Waals surface area contributed by atoms with Gasteiger partial charge in [-0.05, 0) is 76.9 Å². The van der Waals surface area contributed by atoms with Gasteiger partial charge in [0, 0.05) is 10.8 Å². The van der Waals surface area contributed by atoms with Gasteiger partial charge in [-0.2, -0.15) is 10.5 Å². The summed E-state index contributed by atoms with van der Waals surface area (Å²) in [6.07, 6.45) is 0. The van der Waals surface area contributed by atoms with Crippen molar-refractivity contribution in [1.29, 1.82) is 10.5 Å². The van der Waals surface area contributed by atoms with E-state index in [9.17, 15) is 20.1 Å². The zero-order valence-corrected chi connectivity index (χ0v) is 26.0. The fraction of sp³-hybridized carbons (Fsp3) is 0. The van der Waals surface area contributed by atoms with Crippen molar-refractivity contribution in [2.24, 2.45) is 0 Å². The van der Waals surface area contributed by atoms with Gasteiger partial charge >= 0.3 is 0 Å². The number of imide groups is 1. The summed E-state index contributed by atoms with van der Waals surface area (Å²) in [6, 6.07) is 40.1. The number of nitrogens with zero attached hydrogens (tertiary/aromatic N) is 6. The maximum absolute atomic E-state index is 14.2. The summed E-state index contributed by atoms with van der Waals surface area (Å²) < 4.78 is 1.96. The Kier molecular flexibility index (Phi) is 6.80. The molecule has 8 rings (SSSR count). The van der Waals surface area contributed by atoms with Gasteiger partial charge in [0.15, 0.2) is 11.4 Å². The van der Waals surface area contributed by atoms with Crippen LogP contribution in [-0.4, -0.2) is 16.4 Å². The second-order valence-electron chi connectivity index (χ2n) is 11.8. The summed E-state index contributed by atoms with van der Waals surface area (Å²) in [6.45, 7) is 15.1. The van der Waals surface area contributed by atoms with Crippen LogP contribution >= 0.6 is 0 Å². The molecule has 8 nitrogen and oxygen atoms in total. The minimum Gasteiger partial charge on any atom is -0.308 e. The first-order chi connectivity index (χ1) is 24.4. The molecule has 0 aliphatic carbocycles. The molecule has 1 aliphatic rings. The van der Waals surface area contributed by atoms with Gasteiger partial charge < -0.3 is 4.57 Å². The van der Waals surface area contributed by atoms with E-state index in [2.05, 4.69) is 21.8 Å². The highest BCUT2D eigenvalue weighted by Gasteiger charge is 2.39. The lowest BCUT2D eigenvalue weighted by Gasteiger charge is -2.15. The Hall–Kier alpha value is -7.78. The maximum Gasteiger partial charge on any atom is 0.268 e. The first-order valence-corrected chi connectivity index (χ1v) is 15.4. The van der Waals surface area contributed by atoms with E-state index < -0.39 is 11.8 Å². The molecule has 1 aliphatic heterocycles. The Morgan fingerprint density at radius 1 is 0.560 bits per heavy atom. The number of para-hydroxylation sites is 1. The molecule has 230 valence electrons. The number of aromatic nitrogens is 1. The lowest BCUT2D eigenvalue weighted by atomic mass is 9.99. The fourth-order valence-corrected chi connectivity index (χ4v) is 6.72. The summed E-state index contributed by atoms with van der Waals surface area (Å²) in [5.74, 6) is -0.860. The Bertz CT molecular complexity index is 2610. The number of nitriles is 2. The molecular weight excluding hydrogens is 621 g/mol. The molecule has 0 N–H and O–H groups in total. The third kappa shape index (κ3) is 4.58. The summed E-state index contributed by atoms with van der Waals surface area (Å²) in [5, 5.41) is 21.1. The molecule has 0 unspecified atom stereocenters. The Labute approximate surface area is 286 Å². The van der Waals surface area contributed by atoms with Crippen LogP contribution in [0.15, 0.2) is 121 Å². The predicted molar refractivity (Wildman–Crippen MR) is 191 cm³/mol.